The van der Waals surface area contributed by atoms with Crippen LogP contribution in [0.5, 0.6) is 5.75 Å². The van der Waals surface area contributed by atoms with Crippen LogP contribution in [-0.4, -0.2) is 31.1 Å². The Balaban J connectivity index is 0.000000218. The summed E-state index contributed by atoms with van der Waals surface area (Å²) in [5.41, 5.74) is 1.21. The summed E-state index contributed by atoms with van der Waals surface area (Å²) < 4.78 is 5.73. The third-order valence-corrected chi connectivity index (χ3v) is 3.87. The van der Waals surface area contributed by atoms with Crippen LogP contribution >= 0.6 is 0 Å². The number of nitrogens with zero attached hydrogens (tertiary/aromatic N) is 1. The van der Waals surface area contributed by atoms with Crippen molar-refractivity contribution >= 4 is 0 Å². The fourth-order valence-electron chi connectivity index (χ4n) is 2.21. The number of aryl methyl sites for hydroxylation is 1. The van der Waals surface area contributed by atoms with Gasteiger partial charge in [0.2, 0.25) is 0 Å². The van der Waals surface area contributed by atoms with E-state index in [0.29, 0.717) is 0 Å². The lowest BCUT2D eigenvalue weighted by molar-refractivity contribution is 0.222. The Morgan fingerprint density at radius 1 is 0.857 bits per heavy atom. The Morgan fingerprint density at radius 3 is 1.86 bits per heavy atom. The van der Waals surface area contributed by atoms with E-state index < -0.39 is 0 Å². The Bertz CT molecular complexity index is 596. The molecule has 0 spiro atoms. The number of ether oxygens (including phenoxy) is 1. The van der Waals surface area contributed by atoms with E-state index in [1.807, 2.05) is 18.2 Å². The number of hydrogen-bond acceptors (Lipinski definition) is 2. The van der Waals surface area contributed by atoms with E-state index in [9.17, 15) is 0 Å². The van der Waals surface area contributed by atoms with Crippen LogP contribution in [0.4, 0.5) is 0 Å². The maximum atomic E-state index is 5.73. The standard InChI is InChI=1S/C13H21NO.C6H4/c1-4-14(5-2)10-11-15-13-9-7-6-8-12(13)3;1-2-6-4-3-5(1)6/h6-9H,4-5,10-11H2,1-3H3;1-4H. The first-order valence-electron chi connectivity index (χ1n) is 7.75. The molecular weight excluding hydrogens is 258 g/mol. The Morgan fingerprint density at radius 2 is 1.43 bits per heavy atom. The molecule has 0 unspecified atom stereocenters. The van der Waals surface area contributed by atoms with Gasteiger partial charge >= 0.3 is 0 Å². The van der Waals surface area contributed by atoms with Gasteiger partial charge in [-0.2, -0.15) is 0 Å². The molecule has 112 valence electrons. The van der Waals surface area contributed by atoms with Crippen molar-refractivity contribution in [3.8, 4) is 5.75 Å². The van der Waals surface area contributed by atoms with E-state index >= 15 is 0 Å². The summed E-state index contributed by atoms with van der Waals surface area (Å²) in [5, 5.41) is 2.85. The highest BCUT2D eigenvalue weighted by Gasteiger charge is 2.00. The van der Waals surface area contributed by atoms with Gasteiger partial charge in [0.05, 0.1) is 0 Å². The van der Waals surface area contributed by atoms with Crippen LogP contribution in [0.25, 0.3) is 0 Å². The number of likely N-dealkylation sites (N-methyl/N-ethyl adjacent to an activating group) is 1. The Labute approximate surface area is 127 Å². The van der Waals surface area contributed by atoms with Gasteiger partial charge in [-0.15, -0.1) is 0 Å². The zero-order valence-corrected chi connectivity index (χ0v) is 13.3. The molecule has 0 radical (unpaired) electrons. The lowest BCUT2D eigenvalue weighted by Crippen LogP contribution is -2.27. The summed E-state index contributed by atoms with van der Waals surface area (Å²) in [7, 11) is 0. The van der Waals surface area contributed by atoms with Crippen LogP contribution in [-0.2, 0) is 0 Å². The van der Waals surface area contributed by atoms with E-state index in [2.05, 4.69) is 56.0 Å². The second kappa shape index (κ2) is 7.84. The predicted octanol–water partition coefficient (Wildman–Crippen LogP) is 4.00. The van der Waals surface area contributed by atoms with Crippen molar-refractivity contribution < 1.29 is 4.74 Å². The zero-order valence-electron chi connectivity index (χ0n) is 13.3. The molecule has 0 saturated carbocycles. The minimum absolute atomic E-state index is 0.770. The van der Waals surface area contributed by atoms with Crippen molar-refractivity contribution in [2.45, 2.75) is 20.8 Å². The topological polar surface area (TPSA) is 12.5 Å². The summed E-state index contributed by atoms with van der Waals surface area (Å²) in [6, 6.07) is 16.6. The molecule has 0 amide bonds. The van der Waals surface area contributed by atoms with Gasteiger partial charge in [-0.3, -0.25) is 0 Å². The molecule has 3 rings (SSSR count). The molecule has 21 heavy (non-hydrogen) atoms. The van der Waals surface area contributed by atoms with Gasteiger partial charge in [-0.1, -0.05) is 56.3 Å². The van der Waals surface area contributed by atoms with Crippen molar-refractivity contribution in [3.63, 3.8) is 0 Å². The molecule has 0 fully saturated rings. The molecule has 2 aliphatic rings. The summed E-state index contributed by atoms with van der Waals surface area (Å²) in [6.45, 7) is 10.4. The van der Waals surface area contributed by atoms with Gasteiger partial charge in [0, 0.05) is 6.54 Å². The van der Waals surface area contributed by atoms with Crippen molar-refractivity contribution in [1.82, 2.24) is 4.90 Å². The molecule has 0 aromatic heterocycles. The predicted molar refractivity (Wildman–Crippen MR) is 88.6 cm³/mol. The van der Waals surface area contributed by atoms with Crippen LogP contribution < -0.4 is 4.74 Å². The van der Waals surface area contributed by atoms with E-state index in [4.69, 9.17) is 4.74 Å². The third-order valence-electron chi connectivity index (χ3n) is 3.87. The van der Waals surface area contributed by atoms with Crippen LogP contribution in [0.15, 0.2) is 48.5 Å². The Kier molecular flexibility index (Phi) is 5.82. The molecule has 0 aliphatic heterocycles. The molecule has 0 atom stereocenters. The highest BCUT2D eigenvalue weighted by atomic mass is 16.5. The maximum absolute atomic E-state index is 5.73. The normalized spacial score (nSPS) is 10.9. The SMILES string of the molecule is CCN(CC)CCOc1ccccc1C.c1cc2ccc1=2. The van der Waals surface area contributed by atoms with E-state index in [1.54, 1.807) is 0 Å². The summed E-state index contributed by atoms with van der Waals surface area (Å²) in [4.78, 5) is 2.36. The molecular formula is C19H25NO. The minimum Gasteiger partial charge on any atom is -0.492 e. The smallest absolute Gasteiger partial charge is 0.122 e. The summed E-state index contributed by atoms with van der Waals surface area (Å²) in [6.07, 6.45) is 0. The maximum Gasteiger partial charge on any atom is 0.122 e. The minimum atomic E-state index is 0.770. The molecule has 2 heteroatoms. The average Bonchev–Trinajstić information content (AvgIpc) is 2.50. The molecule has 0 N–H and O–H groups in total. The lowest BCUT2D eigenvalue weighted by Gasteiger charge is -2.18. The van der Waals surface area contributed by atoms with E-state index in [0.717, 1.165) is 32.0 Å². The first-order valence-corrected chi connectivity index (χ1v) is 7.75. The molecule has 0 bridgehead atoms. The number of benzene rings is 2. The first kappa shape index (κ1) is 15.6. The van der Waals surface area contributed by atoms with Gasteiger partial charge in [0.15, 0.2) is 0 Å². The second-order valence-electron chi connectivity index (χ2n) is 5.22. The fraction of sp³-hybridized carbons (Fsp3) is 0.368. The molecule has 1 aromatic carbocycles. The number of hydrogen-bond donors (Lipinski definition) is 0. The number of para-hydroxylation sites is 1. The highest BCUT2D eigenvalue weighted by Crippen LogP contribution is 2.15. The van der Waals surface area contributed by atoms with Crippen LogP contribution in [0.1, 0.15) is 19.4 Å². The van der Waals surface area contributed by atoms with Crippen LogP contribution in [0.3, 0.4) is 0 Å². The van der Waals surface area contributed by atoms with Gasteiger partial charge in [-0.25, -0.2) is 0 Å². The molecule has 2 nitrogen and oxygen atoms in total. The quantitative estimate of drug-likeness (QED) is 0.678. The van der Waals surface area contributed by atoms with Gasteiger partial charge < -0.3 is 9.64 Å². The van der Waals surface area contributed by atoms with Crippen molar-refractivity contribution in [2.24, 2.45) is 0 Å². The van der Waals surface area contributed by atoms with Gasteiger partial charge in [0.1, 0.15) is 12.4 Å². The number of rotatable bonds is 6. The van der Waals surface area contributed by atoms with Crippen LogP contribution in [0, 0.1) is 17.4 Å². The monoisotopic (exact) mass is 283 g/mol. The van der Waals surface area contributed by atoms with Crippen molar-refractivity contribution in [2.75, 3.05) is 26.2 Å². The third kappa shape index (κ3) is 4.33. The largest absolute Gasteiger partial charge is 0.492 e. The molecule has 1 aromatic rings. The summed E-state index contributed by atoms with van der Waals surface area (Å²) >= 11 is 0. The second-order valence-corrected chi connectivity index (χ2v) is 5.22. The zero-order chi connectivity index (χ0) is 15.1. The van der Waals surface area contributed by atoms with Crippen molar-refractivity contribution in [3.05, 3.63) is 64.5 Å². The van der Waals surface area contributed by atoms with Gasteiger partial charge in [-0.05, 0) is 42.1 Å². The van der Waals surface area contributed by atoms with Crippen molar-refractivity contribution in [1.29, 1.82) is 0 Å². The fourth-order valence-corrected chi connectivity index (χ4v) is 2.21. The molecule has 2 aliphatic carbocycles. The molecule has 0 heterocycles. The first-order chi connectivity index (χ1) is 10.2. The van der Waals surface area contributed by atoms with E-state index in [-0.39, 0.29) is 0 Å². The Hall–Kier alpha value is -1.80. The average molecular weight is 283 g/mol. The summed E-state index contributed by atoms with van der Waals surface area (Å²) in [5.74, 6) is 1.00. The van der Waals surface area contributed by atoms with E-state index in [1.165, 1.54) is 16.0 Å². The van der Waals surface area contributed by atoms with Gasteiger partial charge in [0.25, 0.3) is 0 Å². The van der Waals surface area contributed by atoms with Crippen LogP contribution in [0.2, 0.25) is 0 Å². The highest BCUT2D eigenvalue weighted by molar-refractivity contribution is 5.31. The molecule has 0 saturated heterocycles. The lowest BCUT2D eigenvalue weighted by atomic mass is 10.1.